The fourth-order valence-corrected chi connectivity index (χ4v) is 1.86. The summed E-state index contributed by atoms with van der Waals surface area (Å²) < 4.78 is 35.2. The molecule has 0 amide bonds. The van der Waals surface area contributed by atoms with Crippen molar-refractivity contribution in [2.45, 2.75) is 19.4 Å². The smallest absolute Gasteiger partial charge is 0.272 e. The molecule has 0 aliphatic rings. The molecule has 5 nitrogen and oxygen atoms in total. The summed E-state index contributed by atoms with van der Waals surface area (Å²) in [6.45, 7) is 2.90. The molecule has 0 saturated carbocycles. The van der Waals surface area contributed by atoms with Gasteiger partial charge in [0.25, 0.3) is 10.1 Å². The maximum atomic E-state index is 11.6. The van der Waals surface area contributed by atoms with E-state index in [4.69, 9.17) is 9.29 Å². The van der Waals surface area contributed by atoms with Gasteiger partial charge in [-0.3, -0.25) is 9.35 Å². The Morgan fingerprint density at radius 3 is 2.29 bits per heavy atom. The minimum atomic E-state index is -4.33. The van der Waals surface area contributed by atoms with Crippen molar-refractivity contribution in [1.29, 1.82) is 0 Å². The van der Waals surface area contributed by atoms with Crippen LogP contribution in [0.15, 0.2) is 30.3 Å². The highest BCUT2D eigenvalue weighted by atomic mass is 32.2. The van der Waals surface area contributed by atoms with Crippen LogP contribution in [0.5, 0.6) is 5.75 Å². The molecule has 1 rings (SSSR count). The van der Waals surface area contributed by atoms with E-state index in [1.54, 1.807) is 30.3 Å². The second kappa shape index (κ2) is 4.85. The standard InChI is InChI=1S/C11H14O5S/c1-11(2,10(12)8-17(13,14)15)16-9-6-4-3-5-7-9/h3-7H,8H2,1-2H3,(H,13,14,15). The van der Waals surface area contributed by atoms with Gasteiger partial charge in [0.05, 0.1) is 0 Å². The molecule has 1 aromatic carbocycles. The first-order valence-electron chi connectivity index (χ1n) is 4.93. The molecule has 0 aliphatic heterocycles. The molecule has 0 aromatic heterocycles. The maximum Gasteiger partial charge on any atom is 0.272 e. The number of rotatable bonds is 5. The predicted octanol–water partition coefficient (Wildman–Crippen LogP) is 1.30. The Bertz CT molecular complexity index is 490. The van der Waals surface area contributed by atoms with Crippen LogP contribution in [0.4, 0.5) is 0 Å². The zero-order valence-electron chi connectivity index (χ0n) is 9.58. The monoisotopic (exact) mass is 258 g/mol. The van der Waals surface area contributed by atoms with Crippen molar-refractivity contribution < 1.29 is 22.5 Å². The van der Waals surface area contributed by atoms with Gasteiger partial charge in [-0.15, -0.1) is 0 Å². The number of benzene rings is 1. The number of hydrogen-bond acceptors (Lipinski definition) is 4. The molecule has 94 valence electrons. The highest BCUT2D eigenvalue weighted by molar-refractivity contribution is 7.86. The second-order valence-electron chi connectivity index (χ2n) is 4.07. The Hall–Kier alpha value is -1.40. The molecule has 0 saturated heterocycles. The predicted molar refractivity (Wildman–Crippen MR) is 62.6 cm³/mol. The van der Waals surface area contributed by atoms with Gasteiger partial charge in [0.15, 0.2) is 11.4 Å². The van der Waals surface area contributed by atoms with Gasteiger partial charge < -0.3 is 4.74 Å². The lowest BCUT2D eigenvalue weighted by Gasteiger charge is -2.24. The largest absolute Gasteiger partial charge is 0.480 e. The van der Waals surface area contributed by atoms with Crippen molar-refractivity contribution >= 4 is 15.9 Å². The summed E-state index contributed by atoms with van der Waals surface area (Å²) in [5.41, 5.74) is -1.31. The van der Waals surface area contributed by atoms with Crippen molar-refractivity contribution in [3.05, 3.63) is 30.3 Å². The summed E-state index contributed by atoms with van der Waals surface area (Å²) in [7, 11) is -4.33. The number of carbonyl (C=O) groups is 1. The molecule has 1 N–H and O–H groups in total. The lowest BCUT2D eigenvalue weighted by molar-refractivity contribution is -0.129. The van der Waals surface area contributed by atoms with E-state index in [-0.39, 0.29) is 0 Å². The molecule has 0 aliphatic carbocycles. The van der Waals surface area contributed by atoms with E-state index in [9.17, 15) is 13.2 Å². The van der Waals surface area contributed by atoms with Gasteiger partial charge in [-0.1, -0.05) is 18.2 Å². The minimum absolute atomic E-state index is 0.459. The van der Waals surface area contributed by atoms with Crippen LogP contribution in [0.2, 0.25) is 0 Å². The number of carbonyl (C=O) groups excluding carboxylic acids is 1. The summed E-state index contributed by atoms with van der Waals surface area (Å²) in [4.78, 5) is 11.6. The molecule has 0 radical (unpaired) electrons. The van der Waals surface area contributed by atoms with Gasteiger partial charge in [-0.25, -0.2) is 0 Å². The zero-order valence-corrected chi connectivity index (χ0v) is 10.4. The fraction of sp³-hybridized carbons (Fsp3) is 0.364. The SMILES string of the molecule is CC(C)(Oc1ccccc1)C(=O)CS(=O)(=O)O. The van der Waals surface area contributed by atoms with Crippen molar-refractivity contribution in [1.82, 2.24) is 0 Å². The third kappa shape index (κ3) is 4.54. The first-order valence-corrected chi connectivity index (χ1v) is 6.54. The number of ether oxygens (including phenoxy) is 1. The van der Waals surface area contributed by atoms with E-state index in [1.165, 1.54) is 13.8 Å². The molecular formula is C11H14O5S. The van der Waals surface area contributed by atoms with Crippen LogP contribution in [0.3, 0.4) is 0 Å². The van der Waals surface area contributed by atoms with Crippen molar-refractivity contribution in [2.75, 3.05) is 5.75 Å². The van der Waals surface area contributed by atoms with Crippen LogP contribution in [0.1, 0.15) is 13.8 Å². The Morgan fingerprint density at radius 1 is 1.29 bits per heavy atom. The van der Waals surface area contributed by atoms with Gasteiger partial charge in [-0.05, 0) is 26.0 Å². The Balaban J connectivity index is 2.78. The van der Waals surface area contributed by atoms with Crippen LogP contribution >= 0.6 is 0 Å². The van der Waals surface area contributed by atoms with Crippen LogP contribution in [0.25, 0.3) is 0 Å². The summed E-state index contributed by atoms with van der Waals surface area (Å²) >= 11 is 0. The third-order valence-corrected chi connectivity index (χ3v) is 2.73. The Morgan fingerprint density at radius 2 is 1.82 bits per heavy atom. The first kappa shape index (κ1) is 13.7. The normalized spacial score (nSPS) is 12.2. The summed E-state index contributed by atoms with van der Waals surface area (Å²) in [6.07, 6.45) is 0. The molecule has 17 heavy (non-hydrogen) atoms. The lowest BCUT2D eigenvalue weighted by atomic mass is 10.1. The Labute approximate surface area is 100 Å². The average molecular weight is 258 g/mol. The number of Topliss-reactive ketones (excluding diaryl/α,β-unsaturated/α-hetero) is 1. The highest BCUT2D eigenvalue weighted by Gasteiger charge is 2.32. The van der Waals surface area contributed by atoms with E-state index in [1.807, 2.05) is 0 Å². The molecule has 6 heteroatoms. The van der Waals surface area contributed by atoms with Crippen LogP contribution in [-0.2, 0) is 14.9 Å². The number of hydrogen-bond donors (Lipinski definition) is 1. The van der Waals surface area contributed by atoms with Gasteiger partial charge in [-0.2, -0.15) is 8.42 Å². The van der Waals surface area contributed by atoms with E-state index < -0.39 is 27.3 Å². The topological polar surface area (TPSA) is 80.7 Å². The third-order valence-electron chi connectivity index (χ3n) is 2.10. The fourth-order valence-electron chi connectivity index (χ4n) is 1.18. The van der Waals surface area contributed by atoms with Gasteiger partial charge in [0.1, 0.15) is 11.5 Å². The molecule has 1 aromatic rings. The lowest BCUT2D eigenvalue weighted by Crippen LogP contribution is -2.41. The maximum absolute atomic E-state index is 11.6. The van der Waals surface area contributed by atoms with Crippen molar-refractivity contribution in [3.63, 3.8) is 0 Å². The molecule has 0 fully saturated rings. The van der Waals surface area contributed by atoms with Gasteiger partial charge in [0.2, 0.25) is 0 Å². The van der Waals surface area contributed by atoms with Crippen LogP contribution < -0.4 is 4.74 Å². The quantitative estimate of drug-likeness (QED) is 0.805. The highest BCUT2D eigenvalue weighted by Crippen LogP contribution is 2.18. The van der Waals surface area contributed by atoms with Gasteiger partial charge >= 0.3 is 0 Å². The van der Waals surface area contributed by atoms with E-state index in [0.717, 1.165) is 0 Å². The molecule has 0 heterocycles. The van der Waals surface area contributed by atoms with Crippen LogP contribution in [0, 0.1) is 0 Å². The zero-order chi connectivity index (χ0) is 13.1. The molecule has 0 unspecified atom stereocenters. The summed E-state index contributed by atoms with van der Waals surface area (Å²) in [5, 5.41) is 0. The molecule has 0 bridgehead atoms. The number of ketones is 1. The summed E-state index contributed by atoms with van der Waals surface area (Å²) in [5.74, 6) is -1.20. The van der Waals surface area contributed by atoms with E-state index in [0.29, 0.717) is 5.75 Å². The first-order chi connectivity index (χ1) is 7.71. The van der Waals surface area contributed by atoms with E-state index in [2.05, 4.69) is 0 Å². The van der Waals surface area contributed by atoms with Crippen molar-refractivity contribution in [2.24, 2.45) is 0 Å². The van der Waals surface area contributed by atoms with Gasteiger partial charge in [0, 0.05) is 0 Å². The molecule has 0 spiro atoms. The Kier molecular flexibility index (Phi) is 3.90. The van der Waals surface area contributed by atoms with E-state index >= 15 is 0 Å². The average Bonchev–Trinajstić information content (AvgIpc) is 2.15. The number of para-hydroxylation sites is 1. The molecule has 0 atom stereocenters. The van der Waals surface area contributed by atoms with Crippen molar-refractivity contribution in [3.8, 4) is 5.75 Å². The summed E-state index contributed by atoms with van der Waals surface area (Å²) in [6, 6.07) is 8.57. The second-order valence-corrected chi connectivity index (χ2v) is 5.53. The van der Waals surface area contributed by atoms with Crippen LogP contribution in [-0.4, -0.2) is 30.1 Å². The molecular weight excluding hydrogens is 244 g/mol. The minimum Gasteiger partial charge on any atom is -0.480 e.